The molecule has 2 aromatic carbocycles. The van der Waals surface area contributed by atoms with Crippen LogP contribution in [0, 0.1) is 11.8 Å². The molecule has 1 aliphatic carbocycles. The summed E-state index contributed by atoms with van der Waals surface area (Å²) in [6, 6.07) is 6.14. The molecule has 6 nitrogen and oxygen atoms in total. The highest BCUT2D eigenvalue weighted by atomic mass is 19.4. The summed E-state index contributed by atoms with van der Waals surface area (Å²) in [6.45, 7) is -0.303. The first-order valence-electron chi connectivity index (χ1n) is 11.3. The molecule has 3 atom stereocenters. The van der Waals surface area contributed by atoms with Crippen LogP contribution in [0.5, 0.6) is 0 Å². The lowest BCUT2D eigenvalue weighted by atomic mass is 9.88. The summed E-state index contributed by atoms with van der Waals surface area (Å²) in [5, 5.41) is 20.6. The standard InChI is InChI=1S/C25H22F6N2O4/c26-24(27,28)16-2-1-3-19-21(16)22(36)14(10-32-19)23(37)33-18-6-4-12(9-17(18)25(29,30)31)8-13-5-7-20(35)15(13)11-34/h1-4,6,9-10,13,15,20,34-35H,5,7-8,11H2,(H,32,36)(H,33,37). The normalized spacial score (nSPS) is 20.4. The van der Waals surface area contributed by atoms with Crippen LogP contribution in [0.4, 0.5) is 32.0 Å². The molecule has 0 radical (unpaired) electrons. The minimum atomic E-state index is -4.90. The highest BCUT2D eigenvalue weighted by molar-refractivity contribution is 6.06. The molecule has 198 valence electrons. The van der Waals surface area contributed by atoms with Crippen LogP contribution < -0.4 is 10.7 Å². The molecule has 0 saturated heterocycles. The number of alkyl halides is 6. The number of amides is 1. The van der Waals surface area contributed by atoms with Gasteiger partial charge in [0.1, 0.15) is 5.56 Å². The number of aromatic nitrogens is 1. The van der Waals surface area contributed by atoms with Crippen molar-refractivity contribution in [2.45, 2.75) is 37.7 Å². The first-order chi connectivity index (χ1) is 17.3. The molecule has 1 heterocycles. The van der Waals surface area contributed by atoms with E-state index in [4.69, 9.17) is 0 Å². The Morgan fingerprint density at radius 2 is 1.73 bits per heavy atom. The predicted octanol–water partition coefficient (Wildman–Crippen LogP) is 4.74. The van der Waals surface area contributed by atoms with Crippen LogP contribution in [-0.2, 0) is 18.8 Å². The zero-order valence-corrected chi connectivity index (χ0v) is 19.1. The largest absolute Gasteiger partial charge is 0.418 e. The Bertz CT molecular complexity index is 1380. The van der Waals surface area contributed by atoms with E-state index in [1.54, 1.807) is 0 Å². The molecule has 4 rings (SSSR count). The van der Waals surface area contributed by atoms with Gasteiger partial charge in [-0.25, -0.2) is 0 Å². The van der Waals surface area contributed by atoms with Crippen molar-refractivity contribution < 1.29 is 41.4 Å². The van der Waals surface area contributed by atoms with Gasteiger partial charge in [-0.05, 0) is 55.0 Å². The van der Waals surface area contributed by atoms with Gasteiger partial charge in [-0.3, -0.25) is 9.59 Å². The van der Waals surface area contributed by atoms with E-state index in [1.807, 2.05) is 5.32 Å². The maximum Gasteiger partial charge on any atom is 0.418 e. The quantitative estimate of drug-likeness (QED) is 0.360. The third-order valence-electron chi connectivity index (χ3n) is 6.74. The fourth-order valence-electron chi connectivity index (χ4n) is 4.88. The van der Waals surface area contributed by atoms with E-state index in [1.165, 1.54) is 12.1 Å². The van der Waals surface area contributed by atoms with E-state index in [2.05, 4.69) is 4.98 Å². The molecule has 37 heavy (non-hydrogen) atoms. The van der Waals surface area contributed by atoms with Crippen LogP contribution in [0.15, 0.2) is 47.4 Å². The number of halogens is 6. The van der Waals surface area contributed by atoms with Gasteiger partial charge < -0.3 is 20.5 Å². The highest BCUT2D eigenvalue weighted by Gasteiger charge is 2.38. The summed E-state index contributed by atoms with van der Waals surface area (Å²) < 4.78 is 81.8. The summed E-state index contributed by atoms with van der Waals surface area (Å²) in [7, 11) is 0. The summed E-state index contributed by atoms with van der Waals surface area (Å²) in [5.41, 5.74) is -5.14. The van der Waals surface area contributed by atoms with Crippen molar-refractivity contribution >= 4 is 22.5 Å². The lowest BCUT2D eigenvalue weighted by Crippen LogP contribution is -2.25. The second-order valence-corrected chi connectivity index (χ2v) is 9.04. The van der Waals surface area contributed by atoms with E-state index in [0.717, 1.165) is 24.4 Å². The molecule has 0 aliphatic heterocycles. The van der Waals surface area contributed by atoms with Crippen LogP contribution in [0.2, 0.25) is 0 Å². The number of aliphatic hydroxyl groups is 2. The number of carbonyl (C=O) groups is 1. The molecule has 4 N–H and O–H groups in total. The number of anilines is 1. The van der Waals surface area contributed by atoms with E-state index >= 15 is 0 Å². The highest BCUT2D eigenvalue weighted by Crippen LogP contribution is 2.39. The molecule has 3 aromatic rings. The molecule has 1 amide bonds. The van der Waals surface area contributed by atoms with Gasteiger partial charge in [-0.1, -0.05) is 12.1 Å². The first-order valence-corrected chi connectivity index (χ1v) is 11.3. The number of aromatic amines is 1. The molecule has 0 bridgehead atoms. The monoisotopic (exact) mass is 528 g/mol. The molecular formula is C25H22F6N2O4. The Balaban J connectivity index is 1.67. The van der Waals surface area contributed by atoms with Crippen molar-refractivity contribution in [3.05, 3.63) is 75.1 Å². The maximum atomic E-state index is 13.8. The Hall–Kier alpha value is -3.38. The number of carbonyl (C=O) groups excluding carboxylic acids is 1. The summed E-state index contributed by atoms with van der Waals surface area (Å²) >= 11 is 0. The van der Waals surface area contributed by atoms with Gasteiger partial charge in [0.25, 0.3) is 5.91 Å². The fourth-order valence-corrected chi connectivity index (χ4v) is 4.88. The van der Waals surface area contributed by atoms with E-state index in [-0.39, 0.29) is 30.0 Å². The lowest BCUT2D eigenvalue weighted by molar-refractivity contribution is -0.137. The summed E-state index contributed by atoms with van der Waals surface area (Å²) in [6.07, 6.45) is -8.58. The van der Waals surface area contributed by atoms with Crippen molar-refractivity contribution in [3.8, 4) is 0 Å². The number of nitrogens with one attached hydrogen (secondary N) is 2. The Kier molecular flexibility index (Phi) is 7.08. The van der Waals surface area contributed by atoms with Crippen molar-refractivity contribution in [1.82, 2.24) is 4.98 Å². The second kappa shape index (κ2) is 9.82. The number of hydrogen-bond donors (Lipinski definition) is 4. The first kappa shape index (κ1) is 26.7. The van der Waals surface area contributed by atoms with Crippen molar-refractivity contribution in [1.29, 1.82) is 0 Å². The van der Waals surface area contributed by atoms with Gasteiger partial charge in [0.05, 0.1) is 28.3 Å². The van der Waals surface area contributed by atoms with Crippen molar-refractivity contribution in [2.75, 3.05) is 11.9 Å². The molecule has 1 saturated carbocycles. The van der Waals surface area contributed by atoms with Gasteiger partial charge in [0.15, 0.2) is 0 Å². The Labute approximate surface area is 205 Å². The summed E-state index contributed by atoms with van der Waals surface area (Å²) in [5.74, 6) is -2.01. The number of H-pyrrole nitrogens is 1. The topological polar surface area (TPSA) is 102 Å². The minimum Gasteiger partial charge on any atom is -0.396 e. The number of fused-ring (bicyclic) bond motifs is 1. The third-order valence-corrected chi connectivity index (χ3v) is 6.74. The van der Waals surface area contributed by atoms with Gasteiger partial charge in [0.2, 0.25) is 5.43 Å². The molecule has 3 unspecified atom stereocenters. The number of rotatable bonds is 5. The van der Waals surface area contributed by atoms with E-state index < -0.39 is 63.5 Å². The molecule has 1 aromatic heterocycles. The number of benzene rings is 2. The van der Waals surface area contributed by atoms with Gasteiger partial charge in [-0.2, -0.15) is 26.3 Å². The fraction of sp³-hybridized carbons (Fsp3) is 0.360. The molecule has 1 fully saturated rings. The predicted molar refractivity (Wildman–Crippen MR) is 122 cm³/mol. The van der Waals surface area contributed by atoms with E-state index in [9.17, 15) is 46.1 Å². The van der Waals surface area contributed by atoms with Gasteiger partial charge in [0, 0.05) is 24.2 Å². The average molecular weight is 528 g/mol. The van der Waals surface area contributed by atoms with Crippen molar-refractivity contribution in [3.63, 3.8) is 0 Å². The zero-order chi connectivity index (χ0) is 27.1. The third kappa shape index (κ3) is 5.35. The number of aliphatic hydroxyl groups excluding tert-OH is 2. The van der Waals surface area contributed by atoms with Crippen LogP contribution in [0.25, 0.3) is 10.9 Å². The minimum absolute atomic E-state index is 0.157. The molecule has 0 spiro atoms. The Morgan fingerprint density at radius 1 is 1.03 bits per heavy atom. The average Bonchev–Trinajstić information content (AvgIpc) is 3.17. The molecular weight excluding hydrogens is 506 g/mol. The number of pyridine rings is 1. The van der Waals surface area contributed by atoms with Gasteiger partial charge >= 0.3 is 12.4 Å². The van der Waals surface area contributed by atoms with Crippen molar-refractivity contribution in [2.24, 2.45) is 11.8 Å². The van der Waals surface area contributed by atoms with Crippen LogP contribution in [0.1, 0.15) is 39.9 Å². The van der Waals surface area contributed by atoms with E-state index in [0.29, 0.717) is 18.9 Å². The van der Waals surface area contributed by atoms with Gasteiger partial charge in [-0.15, -0.1) is 0 Å². The summed E-state index contributed by atoms with van der Waals surface area (Å²) in [4.78, 5) is 28.0. The molecule has 1 aliphatic rings. The zero-order valence-electron chi connectivity index (χ0n) is 19.1. The molecule has 12 heteroatoms. The Morgan fingerprint density at radius 3 is 2.38 bits per heavy atom. The number of hydrogen-bond acceptors (Lipinski definition) is 4. The van der Waals surface area contributed by atoms with Crippen LogP contribution >= 0.6 is 0 Å². The van der Waals surface area contributed by atoms with Crippen LogP contribution in [-0.4, -0.2) is 33.8 Å². The van der Waals surface area contributed by atoms with Crippen LogP contribution in [0.3, 0.4) is 0 Å². The lowest BCUT2D eigenvalue weighted by Gasteiger charge is -2.21. The maximum absolute atomic E-state index is 13.8. The second-order valence-electron chi connectivity index (χ2n) is 9.04. The SMILES string of the molecule is O=C(Nc1ccc(CC2CCC(O)C2CO)cc1C(F)(F)F)c1c[nH]c2cccc(C(F)(F)F)c2c1=O. The smallest absolute Gasteiger partial charge is 0.396 e.